The molecule has 156 valence electrons. The van der Waals surface area contributed by atoms with E-state index in [0.29, 0.717) is 18.0 Å². The average Bonchev–Trinajstić information content (AvgIpc) is 2.98. The number of halogens is 3. The van der Waals surface area contributed by atoms with Gasteiger partial charge in [-0.1, -0.05) is 19.6 Å². The predicted octanol–water partition coefficient (Wildman–Crippen LogP) is 5.63. The zero-order chi connectivity index (χ0) is 21.2. The fourth-order valence-electron chi connectivity index (χ4n) is 3.10. The summed E-state index contributed by atoms with van der Waals surface area (Å²) in [7, 11) is -1.12. The molecule has 0 aliphatic heterocycles. The fraction of sp³-hybridized carbons (Fsp3) is 0.381. The molecular weight excluding hydrogens is 456 g/mol. The summed E-state index contributed by atoms with van der Waals surface area (Å²) < 4.78 is 35.5. The lowest BCUT2D eigenvalue weighted by molar-refractivity contribution is 0.0902. The highest BCUT2D eigenvalue weighted by Crippen LogP contribution is 2.28. The molecule has 3 rings (SSSR count). The van der Waals surface area contributed by atoms with Crippen molar-refractivity contribution in [2.24, 2.45) is 5.73 Å². The maximum Gasteiger partial charge on any atom is 0.126 e. The molecule has 0 spiro atoms. The summed E-state index contributed by atoms with van der Waals surface area (Å²) in [6.07, 6.45) is 2.22. The molecule has 0 saturated carbocycles. The van der Waals surface area contributed by atoms with E-state index in [9.17, 15) is 8.78 Å². The normalized spacial score (nSPS) is 13.2. The van der Waals surface area contributed by atoms with Crippen LogP contribution in [0.3, 0.4) is 0 Å². The summed E-state index contributed by atoms with van der Waals surface area (Å²) >= 11 is 3.55. The van der Waals surface area contributed by atoms with E-state index in [0.717, 1.165) is 34.2 Å². The highest BCUT2D eigenvalue weighted by molar-refractivity contribution is 9.10. The summed E-state index contributed by atoms with van der Waals surface area (Å²) in [5.74, 6) is -1.22. The van der Waals surface area contributed by atoms with Gasteiger partial charge in [0.05, 0.1) is 22.8 Å². The molecule has 2 N–H and O–H groups in total. The van der Waals surface area contributed by atoms with Crippen LogP contribution in [-0.4, -0.2) is 24.2 Å². The molecule has 0 aliphatic rings. The Morgan fingerprint density at radius 2 is 1.86 bits per heavy atom. The van der Waals surface area contributed by atoms with Gasteiger partial charge in [0, 0.05) is 31.4 Å². The Morgan fingerprint density at radius 3 is 2.52 bits per heavy atom. The van der Waals surface area contributed by atoms with Crippen LogP contribution in [0, 0.1) is 11.6 Å². The molecule has 0 radical (unpaired) electrons. The number of fused-ring (bicyclic) bond motifs is 1. The first-order chi connectivity index (χ1) is 13.6. The van der Waals surface area contributed by atoms with Crippen molar-refractivity contribution >= 4 is 35.0 Å². The van der Waals surface area contributed by atoms with Gasteiger partial charge < -0.3 is 15.0 Å². The van der Waals surface area contributed by atoms with Crippen molar-refractivity contribution in [3.05, 3.63) is 63.9 Å². The van der Waals surface area contributed by atoms with Crippen LogP contribution < -0.4 is 5.73 Å². The zero-order valence-corrected chi connectivity index (χ0v) is 19.5. The van der Waals surface area contributed by atoms with Crippen molar-refractivity contribution in [2.75, 3.05) is 6.61 Å². The summed E-state index contributed by atoms with van der Waals surface area (Å²) in [6.45, 7) is 8.19. The maximum atomic E-state index is 13.4. The van der Waals surface area contributed by atoms with Crippen molar-refractivity contribution in [3.8, 4) is 0 Å². The lowest BCUT2D eigenvalue weighted by Crippen LogP contribution is -2.22. The number of nitrogens with zero attached hydrogens (tertiary/aromatic N) is 2. The topological polar surface area (TPSA) is 53.1 Å². The second-order valence-electron chi connectivity index (χ2n) is 8.48. The fourth-order valence-corrected chi connectivity index (χ4v) is 4.45. The third kappa shape index (κ3) is 5.94. The van der Waals surface area contributed by atoms with Gasteiger partial charge in [-0.3, -0.25) is 0 Å². The Kier molecular flexibility index (Phi) is 6.88. The van der Waals surface area contributed by atoms with E-state index < -0.39 is 25.8 Å². The summed E-state index contributed by atoms with van der Waals surface area (Å²) in [5.41, 5.74) is 9.20. The van der Waals surface area contributed by atoms with E-state index in [1.807, 2.05) is 22.9 Å². The minimum Gasteiger partial charge on any atom is -0.361 e. The van der Waals surface area contributed by atoms with Crippen LogP contribution in [0.25, 0.3) is 11.0 Å². The Balaban J connectivity index is 1.74. The molecule has 1 unspecified atom stereocenters. The molecule has 2 heterocycles. The monoisotopic (exact) mass is 481 g/mol. The van der Waals surface area contributed by atoms with E-state index in [2.05, 4.69) is 40.6 Å². The Labute approximate surface area is 179 Å². The molecule has 29 heavy (non-hydrogen) atoms. The largest absolute Gasteiger partial charge is 0.361 e. The summed E-state index contributed by atoms with van der Waals surface area (Å²) in [4.78, 5) is 4.67. The zero-order valence-electron chi connectivity index (χ0n) is 16.9. The molecule has 0 bridgehead atoms. The third-order valence-corrected chi connectivity index (χ3v) is 7.03. The smallest absolute Gasteiger partial charge is 0.126 e. The Hall–Kier alpha value is -1.61. The maximum absolute atomic E-state index is 13.4. The minimum absolute atomic E-state index is 0.284. The molecule has 1 atom stereocenters. The SMILES string of the molecule is C[Si](C)(C)CCOCn1ccc2nc(C(N)Cc3cc(F)cc(F)c3)c(Br)cc21. The van der Waals surface area contributed by atoms with Crippen molar-refractivity contribution in [2.45, 2.75) is 44.9 Å². The number of hydrogen-bond donors (Lipinski definition) is 1. The molecule has 8 heteroatoms. The van der Waals surface area contributed by atoms with Crippen LogP contribution >= 0.6 is 15.9 Å². The number of benzene rings is 1. The summed E-state index contributed by atoms with van der Waals surface area (Å²) in [6, 6.07) is 7.95. The number of pyridine rings is 1. The van der Waals surface area contributed by atoms with Crippen LogP contribution in [0.2, 0.25) is 25.7 Å². The second-order valence-corrected chi connectivity index (χ2v) is 15.0. The van der Waals surface area contributed by atoms with Crippen LogP contribution in [-0.2, 0) is 17.9 Å². The molecule has 3 aromatic rings. The first-order valence-electron chi connectivity index (χ1n) is 9.56. The number of hydrogen-bond acceptors (Lipinski definition) is 3. The molecule has 0 amide bonds. The molecule has 2 aromatic heterocycles. The van der Waals surface area contributed by atoms with Gasteiger partial charge in [0.1, 0.15) is 18.4 Å². The number of nitrogens with two attached hydrogens (primary N) is 1. The van der Waals surface area contributed by atoms with E-state index in [4.69, 9.17) is 10.5 Å². The summed E-state index contributed by atoms with van der Waals surface area (Å²) in [5, 5.41) is 0. The van der Waals surface area contributed by atoms with Crippen LogP contribution in [0.1, 0.15) is 17.3 Å². The van der Waals surface area contributed by atoms with Crippen molar-refractivity contribution in [3.63, 3.8) is 0 Å². The van der Waals surface area contributed by atoms with Gasteiger partial charge in [0.2, 0.25) is 0 Å². The molecule has 0 fully saturated rings. The molecule has 1 aromatic carbocycles. The standard InChI is InChI=1S/C21H26BrF2N3OSi/c1-29(2,3)7-6-28-13-27-5-4-19-20(27)12-17(22)21(26-19)18(25)10-14-8-15(23)11-16(24)9-14/h4-5,8-9,11-12,18H,6-7,10,13,25H2,1-3H3. The molecule has 0 saturated heterocycles. The van der Waals surface area contributed by atoms with Crippen molar-refractivity contribution < 1.29 is 13.5 Å². The first kappa shape index (κ1) is 22.1. The van der Waals surface area contributed by atoms with Gasteiger partial charge in [0.15, 0.2) is 0 Å². The van der Waals surface area contributed by atoms with Crippen molar-refractivity contribution in [1.82, 2.24) is 9.55 Å². The quantitative estimate of drug-likeness (QED) is 0.334. The molecule has 0 aliphatic carbocycles. The predicted molar refractivity (Wildman–Crippen MR) is 119 cm³/mol. The van der Waals surface area contributed by atoms with Gasteiger partial charge in [0.25, 0.3) is 0 Å². The number of rotatable bonds is 8. The average molecular weight is 482 g/mol. The second kappa shape index (κ2) is 9.03. The third-order valence-electron chi connectivity index (χ3n) is 4.69. The Morgan fingerprint density at radius 1 is 1.17 bits per heavy atom. The number of ether oxygens (including phenoxy) is 1. The van der Waals surface area contributed by atoms with Gasteiger partial charge >= 0.3 is 0 Å². The molecule has 4 nitrogen and oxygen atoms in total. The minimum atomic E-state index is -1.12. The highest BCUT2D eigenvalue weighted by Gasteiger charge is 2.17. The van der Waals surface area contributed by atoms with Gasteiger partial charge in [-0.05, 0) is 58.2 Å². The van der Waals surface area contributed by atoms with Gasteiger partial charge in [-0.15, -0.1) is 0 Å². The Bertz CT molecular complexity index is 983. The van der Waals surface area contributed by atoms with Crippen LogP contribution in [0.5, 0.6) is 0 Å². The van der Waals surface area contributed by atoms with E-state index >= 15 is 0 Å². The van der Waals surface area contributed by atoms with E-state index in [1.54, 1.807) is 0 Å². The number of aromatic nitrogens is 2. The lowest BCUT2D eigenvalue weighted by atomic mass is 10.0. The van der Waals surface area contributed by atoms with Gasteiger partial charge in [-0.25, -0.2) is 13.8 Å². The van der Waals surface area contributed by atoms with E-state index in [-0.39, 0.29) is 6.42 Å². The van der Waals surface area contributed by atoms with Crippen LogP contribution in [0.15, 0.2) is 41.0 Å². The van der Waals surface area contributed by atoms with Crippen molar-refractivity contribution in [1.29, 1.82) is 0 Å². The van der Waals surface area contributed by atoms with E-state index in [1.165, 1.54) is 12.1 Å². The van der Waals surface area contributed by atoms with Gasteiger partial charge in [-0.2, -0.15) is 0 Å². The molecular formula is C21H26BrF2N3OSi. The lowest BCUT2D eigenvalue weighted by Gasteiger charge is -2.16. The highest BCUT2D eigenvalue weighted by atomic mass is 79.9. The van der Waals surface area contributed by atoms with Crippen LogP contribution in [0.4, 0.5) is 8.78 Å². The first-order valence-corrected chi connectivity index (χ1v) is 14.1.